The zero-order valence-electron chi connectivity index (χ0n) is 15.8. The molecule has 0 spiro atoms. The Labute approximate surface area is 177 Å². The minimum Gasteiger partial charge on any atom is -1.00 e. The van der Waals surface area contributed by atoms with Crippen LogP contribution in [-0.4, -0.2) is 6.88 Å². The van der Waals surface area contributed by atoms with Crippen molar-refractivity contribution in [1.82, 2.24) is 0 Å². The monoisotopic (exact) mass is 465 g/mol. The van der Waals surface area contributed by atoms with Gasteiger partial charge in [-0.3, -0.25) is 0 Å². The van der Waals surface area contributed by atoms with E-state index in [0.717, 1.165) is 3.63 Å². The van der Waals surface area contributed by atoms with Crippen LogP contribution in [0.1, 0.15) is 45.6 Å². The number of hydrogen-bond donors (Lipinski definition) is 0. The summed E-state index contributed by atoms with van der Waals surface area (Å²) >= 11 is -1.65. The molecular formula is C24H24ClSiZr. The molecule has 0 amide bonds. The van der Waals surface area contributed by atoms with E-state index in [0.29, 0.717) is 0 Å². The van der Waals surface area contributed by atoms with E-state index in [1.54, 1.807) is 36.7 Å². The number of aryl methyl sites for hydroxylation is 1. The summed E-state index contributed by atoms with van der Waals surface area (Å²) in [4.78, 5) is 0. The molecule has 2 aromatic carbocycles. The average molecular weight is 467 g/mol. The van der Waals surface area contributed by atoms with Gasteiger partial charge in [0.25, 0.3) is 0 Å². The maximum atomic E-state index is 2.61. The number of halogens is 1. The zero-order chi connectivity index (χ0) is 17.7. The minimum atomic E-state index is -1.65. The maximum absolute atomic E-state index is 2.61. The second kappa shape index (κ2) is 7.82. The molecule has 27 heavy (non-hydrogen) atoms. The number of fused-ring (bicyclic) bond motifs is 2. The van der Waals surface area contributed by atoms with Crippen LogP contribution in [0.2, 0.25) is 0 Å². The third-order valence-electron chi connectivity index (χ3n) is 6.21. The molecule has 135 valence electrons. The van der Waals surface area contributed by atoms with Gasteiger partial charge in [0, 0.05) is 0 Å². The molecule has 2 aromatic rings. The van der Waals surface area contributed by atoms with Gasteiger partial charge in [-0.05, 0) is 0 Å². The Bertz CT molecular complexity index is 1010. The molecule has 0 heterocycles. The third kappa shape index (κ3) is 3.24. The molecule has 0 bridgehead atoms. The normalized spacial score (nSPS) is 19.2. The van der Waals surface area contributed by atoms with E-state index in [2.05, 4.69) is 74.5 Å². The summed E-state index contributed by atoms with van der Waals surface area (Å²) in [7, 11) is 0. The predicted molar refractivity (Wildman–Crippen MR) is 111 cm³/mol. The van der Waals surface area contributed by atoms with Gasteiger partial charge < -0.3 is 12.4 Å². The number of benzene rings is 2. The molecule has 0 radical (unpaired) electrons. The van der Waals surface area contributed by atoms with Crippen LogP contribution in [0.3, 0.4) is 0 Å². The fourth-order valence-corrected chi connectivity index (χ4v) is 15.4. The van der Waals surface area contributed by atoms with Crippen LogP contribution < -0.4 is 12.4 Å². The summed E-state index contributed by atoms with van der Waals surface area (Å²) in [6, 6.07) is 13.7. The second-order valence-electron chi connectivity index (χ2n) is 7.78. The molecule has 0 aliphatic heterocycles. The fourth-order valence-electron chi connectivity index (χ4n) is 5.00. The van der Waals surface area contributed by atoms with Crippen LogP contribution in [0.4, 0.5) is 0 Å². The Morgan fingerprint density at radius 1 is 1.11 bits per heavy atom. The molecule has 3 aliphatic carbocycles. The van der Waals surface area contributed by atoms with Crippen LogP contribution in [0.5, 0.6) is 0 Å². The topological polar surface area (TPSA) is 0 Å². The zero-order valence-corrected chi connectivity index (χ0v) is 20.4. The molecule has 3 aliphatic rings. The van der Waals surface area contributed by atoms with E-state index in [9.17, 15) is 0 Å². The smallest absolute Gasteiger partial charge is 1.00 e. The van der Waals surface area contributed by atoms with Crippen LogP contribution >= 0.6 is 0 Å². The average Bonchev–Trinajstić information content (AvgIpc) is 3.39. The van der Waals surface area contributed by atoms with E-state index in [1.165, 1.54) is 31.2 Å². The van der Waals surface area contributed by atoms with Gasteiger partial charge in [0.05, 0.1) is 0 Å². The first-order valence-corrected chi connectivity index (χ1v) is 18.3. The summed E-state index contributed by atoms with van der Waals surface area (Å²) in [5, 5.41) is 0. The minimum absolute atomic E-state index is 0. The van der Waals surface area contributed by atoms with Gasteiger partial charge in [-0.1, -0.05) is 0 Å². The van der Waals surface area contributed by atoms with Crippen molar-refractivity contribution < 1.29 is 32.8 Å². The quantitative estimate of drug-likeness (QED) is 0.609. The molecule has 3 heteroatoms. The maximum Gasteiger partial charge on any atom is -1.00 e. The van der Waals surface area contributed by atoms with Crippen molar-refractivity contribution in [2.75, 3.05) is 0 Å². The van der Waals surface area contributed by atoms with Gasteiger partial charge in [-0.15, -0.1) is 0 Å². The molecule has 0 aromatic heterocycles. The Hall–Kier alpha value is -0.950. The molecule has 0 fully saturated rings. The molecule has 0 N–H and O–H groups in total. The summed E-state index contributed by atoms with van der Waals surface area (Å²) in [5.74, 6) is 0. The third-order valence-corrected chi connectivity index (χ3v) is 17.8. The largest absolute Gasteiger partial charge is 1.00 e. The first-order chi connectivity index (χ1) is 12.7. The molecular weight excluding hydrogens is 443 g/mol. The van der Waals surface area contributed by atoms with Crippen LogP contribution in [0.25, 0.3) is 17.2 Å². The van der Waals surface area contributed by atoms with Crippen LogP contribution in [0.15, 0.2) is 63.5 Å². The van der Waals surface area contributed by atoms with Gasteiger partial charge >= 0.3 is 166 Å². The second-order valence-corrected chi connectivity index (χ2v) is 17.9. The Balaban J connectivity index is 0.00000180. The molecule has 0 saturated carbocycles. The van der Waals surface area contributed by atoms with E-state index in [4.69, 9.17) is 0 Å². The fraction of sp³-hybridized carbons (Fsp3) is 0.250. The van der Waals surface area contributed by atoms with Crippen molar-refractivity contribution in [2.24, 2.45) is 0 Å². The standard InChI is InChI=1S/C19H17.C5H5.ClH.H2Si.Zr/c1-13-10-16-12-15-8-5-9-17(15)19(18(16)11-13)14-6-3-2-4-7-14;1-2-4-5-3-1;;;/h2-4,6-7,10-12H,5,8-9H2,1H3;1-3H,4H2;1H;1H2;/q;;;;+1/p-1. The Morgan fingerprint density at radius 3 is 2.67 bits per heavy atom. The molecule has 0 nitrogen and oxygen atoms in total. The number of allylic oxidation sites excluding steroid dienone is 5. The van der Waals surface area contributed by atoms with Crippen molar-refractivity contribution >= 4 is 13.0 Å². The Kier molecular flexibility index (Phi) is 5.61. The van der Waals surface area contributed by atoms with E-state index in [1.807, 2.05) is 0 Å². The van der Waals surface area contributed by atoms with Gasteiger partial charge in [-0.2, -0.15) is 0 Å². The molecule has 1 unspecified atom stereocenters. The van der Waals surface area contributed by atoms with Crippen molar-refractivity contribution in [3.63, 3.8) is 0 Å². The van der Waals surface area contributed by atoms with Crippen molar-refractivity contribution in [3.8, 4) is 11.1 Å². The van der Waals surface area contributed by atoms with E-state index in [-0.39, 0.29) is 12.4 Å². The molecule has 1 atom stereocenters. The number of hydrogen-bond acceptors (Lipinski definition) is 0. The van der Waals surface area contributed by atoms with Gasteiger partial charge in [0.1, 0.15) is 0 Å². The predicted octanol–water partition coefficient (Wildman–Crippen LogP) is 2.31. The summed E-state index contributed by atoms with van der Waals surface area (Å²) in [5.41, 5.74) is 11.1. The SMILES string of the molecule is CC1=Cc2c(cc3c(c2-c2ccccc2)CCC3)[CH]1[Zr+](=[SiH2])[C]1=CC=CC1.[Cl-]. The van der Waals surface area contributed by atoms with Gasteiger partial charge in [0.15, 0.2) is 0 Å². The van der Waals surface area contributed by atoms with Crippen molar-refractivity contribution in [1.29, 1.82) is 0 Å². The van der Waals surface area contributed by atoms with Crippen LogP contribution in [-0.2, 0) is 33.2 Å². The molecule has 5 rings (SSSR count). The van der Waals surface area contributed by atoms with Crippen molar-refractivity contribution in [2.45, 2.75) is 36.2 Å². The summed E-state index contributed by atoms with van der Waals surface area (Å²) in [6.45, 7) is 4.77. The Morgan fingerprint density at radius 2 is 1.93 bits per heavy atom. The first-order valence-electron chi connectivity index (χ1n) is 9.71. The summed E-state index contributed by atoms with van der Waals surface area (Å²) in [6.07, 6.45) is 14.6. The van der Waals surface area contributed by atoms with E-state index < -0.39 is 20.4 Å². The first kappa shape index (κ1) is 19.4. The van der Waals surface area contributed by atoms with Crippen molar-refractivity contribution in [3.05, 3.63) is 85.7 Å². The molecule has 0 saturated heterocycles. The van der Waals surface area contributed by atoms with Gasteiger partial charge in [-0.25, -0.2) is 0 Å². The summed E-state index contributed by atoms with van der Waals surface area (Å²) < 4.78 is 2.53. The number of rotatable bonds is 3. The van der Waals surface area contributed by atoms with Crippen LogP contribution in [0, 0.1) is 0 Å². The van der Waals surface area contributed by atoms with Gasteiger partial charge in [0.2, 0.25) is 0 Å². The van der Waals surface area contributed by atoms with E-state index >= 15 is 0 Å².